The van der Waals surface area contributed by atoms with Crippen LogP contribution in [0.15, 0.2) is 30.7 Å². The van der Waals surface area contributed by atoms with Crippen molar-refractivity contribution in [2.75, 3.05) is 6.54 Å². The van der Waals surface area contributed by atoms with E-state index in [2.05, 4.69) is 15.4 Å². The number of hydrogen-bond donors (Lipinski definition) is 1. The molecule has 3 rings (SSSR count). The lowest BCUT2D eigenvalue weighted by atomic mass is 9.77. The van der Waals surface area contributed by atoms with Crippen LogP contribution in [0.5, 0.6) is 0 Å². The van der Waals surface area contributed by atoms with E-state index in [4.69, 9.17) is 16.3 Å². The normalized spacial score (nSPS) is 19.4. The molecule has 0 radical (unpaired) electrons. The van der Waals surface area contributed by atoms with Gasteiger partial charge in [-0.15, -0.1) is 0 Å². The van der Waals surface area contributed by atoms with Crippen LogP contribution in [0.1, 0.15) is 52.5 Å². The molecule has 0 spiro atoms. The Kier molecular flexibility index (Phi) is 6.05. The van der Waals surface area contributed by atoms with Crippen molar-refractivity contribution in [3.8, 4) is 11.3 Å². The number of pyridine rings is 1. The minimum atomic E-state index is -0.451. The number of halogens is 1. The zero-order valence-electron chi connectivity index (χ0n) is 16.1. The number of rotatable bonds is 6. The molecule has 7 heteroatoms. The predicted octanol–water partition coefficient (Wildman–Crippen LogP) is 4.85. The summed E-state index contributed by atoms with van der Waals surface area (Å²) in [4.78, 5) is 15.9. The van der Waals surface area contributed by atoms with Gasteiger partial charge in [-0.3, -0.25) is 9.67 Å². The third-order valence-electron chi connectivity index (χ3n) is 4.68. The number of hydrogen-bond acceptors (Lipinski definition) is 4. The van der Waals surface area contributed by atoms with Gasteiger partial charge < -0.3 is 10.1 Å². The average Bonchev–Trinajstić information content (AvgIpc) is 3.00. The maximum absolute atomic E-state index is 11.6. The van der Waals surface area contributed by atoms with Gasteiger partial charge in [-0.2, -0.15) is 5.10 Å². The second kappa shape index (κ2) is 8.30. The fourth-order valence-corrected chi connectivity index (χ4v) is 3.54. The van der Waals surface area contributed by atoms with Crippen LogP contribution >= 0.6 is 11.6 Å². The second-order valence-electron chi connectivity index (χ2n) is 8.11. The molecule has 2 aromatic heterocycles. The molecule has 27 heavy (non-hydrogen) atoms. The zero-order valence-corrected chi connectivity index (χ0v) is 16.9. The molecule has 1 amide bonds. The van der Waals surface area contributed by atoms with Gasteiger partial charge in [0.25, 0.3) is 0 Å². The van der Waals surface area contributed by atoms with Gasteiger partial charge in [0.05, 0.1) is 23.0 Å². The molecule has 0 bridgehead atoms. The van der Waals surface area contributed by atoms with E-state index >= 15 is 0 Å². The largest absolute Gasteiger partial charge is 0.444 e. The van der Waals surface area contributed by atoms with Crippen molar-refractivity contribution in [1.29, 1.82) is 0 Å². The Balaban J connectivity index is 1.38. The first-order valence-electron chi connectivity index (χ1n) is 9.44. The van der Waals surface area contributed by atoms with Crippen LogP contribution in [0.4, 0.5) is 4.79 Å². The molecule has 2 aromatic rings. The van der Waals surface area contributed by atoms with Gasteiger partial charge in [0.1, 0.15) is 5.60 Å². The third-order valence-corrected chi connectivity index (χ3v) is 4.98. The number of carbonyl (C=O) groups is 1. The second-order valence-corrected chi connectivity index (χ2v) is 8.51. The van der Waals surface area contributed by atoms with E-state index in [0.29, 0.717) is 23.5 Å². The molecule has 2 heterocycles. The van der Waals surface area contributed by atoms with Gasteiger partial charge in [-0.1, -0.05) is 11.6 Å². The summed E-state index contributed by atoms with van der Waals surface area (Å²) < 4.78 is 7.25. The minimum Gasteiger partial charge on any atom is -0.444 e. The summed E-state index contributed by atoms with van der Waals surface area (Å²) in [5, 5.41) is 7.94. The number of alkyl carbamates (subject to hydrolysis) is 1. The van der Waals surface area contributed by atoms with Gasteiger partial charge >= 0.3 is 6.09 Å². The lowest BCUT2D eigenvalue weighted by Gasteiger charge is -2.35. The molecule has 0 aromatic carbocycles. The van der Waals surface area contributed by atoms with E-state index in [1.807, 2.05) is 50.0 Å². The highest BCUT2D eigenvalue weighted by Gasteiger charge is 2.30. The Morgan fingerprint density at radius 3 is 2.89 bits per heavy atom. The minimum absolute atomic E-state index is 0.341. The van der Waals surface area contributed by atoms with Crippen LogP contribution in [-0.2, 0) is 4.74 Å². The van der Waals surface area contributed by atoms with Crippen LogP contribution in [0, 0.1) is 5.92 Å². The van der Waals surface area contributed by atoms with E-state index < -0.39 is 5.60 Å². The van der Waals surface area contributed by atoms with Crippen molar-refractivity contribution >= 4 is 17.7 Å². The maximum Gasteiger partial charge on any atom is 0.407 e. The molecule has 1 saturated carbocycles. The topological polar surface area (TPSA) is 69.0 Å². The van der Waals surface area contributed by atoms with Crippen LogP contribution < -0.4 is 5.32 Å². The number of aromatic nitrogens is 3. The predicted molar refractivity (Wildman–Crippen MR) is 106 cm³/mol. The molecule has 0 unspecified atom stereocenters. The van der Waals surface area contributed by atoms with E-state index in [-0.39, 0.29) is 6.09 Å². The van der Waals surface area contributed by atoms with Crippen molar-refractivity contribution in [1.82, 2.24) is 20.1 Å². The number of nitrogens with zero attached hydrogens (tertiary/aromatic N) is 3. The Morgan fingerprint density at radius 2 is 2.19 bits per heavy atom. The molecule has 146 valence electrons. The number of nitrogens with one attached hydrogen (secondary N) is 1. The maximum atomic E-state index is 11.6. The van der Waals surface area contributed by atoms with E-state index in [1.165, 1.54) is 0 Å². The first kappa shape index (κ1) is 19.7. The summed E-state index contributed by atoms with van der Waals surface area (Å²) in [6.07, 6.45) is 9.55. The monoisotopic (exact) mass is 390 g/mol. The number of ether oxygens (including phenoxy) is 1. The summed E-state index contributed by atoms with van der Waals surface area (Å²) in [6, 6.07) is 4.10. The smallest absolute Gasteiger partial charge is 0.407 e. The van der Waals surface area contributed by atoms with Gasteiger partial charge in [-0.05, 0) is 64.5 Å². The molecule has 0 saturated heterocycles. The fourth-order valence-electron chi connectivity index (χ4n) is 3.31. The Bertz CT molecular complexity index is 778. The summed E-state index contributed by atoms with van der Waals surface area (Å²) in [6.45, 7) is 6.25. The van der Waals surface area contributed by atoms with Gasteiger partial charge in [0, 0.05) is 24.5 Å². The molecule has 1 N–H and O–H groups in total. The van der Waals surface area contributed by atoms with Crippen LogP contribution in [-0.4, -0.2) is 33.0 Å². The molecule has 1 aliphatic rings. The Hall–Kier alpha value is -2.08. The number of carbonyl (C=O) groups excluding carboxylic acids is 1. The van der Waals surface area contributed by atoms with Crippen molar-refractivity contribution in [2.45, 2.75) is 58.1 Å². The first-order valence-corrected chi connectivity index (χ1v) is 9.81. The molecular formula is C20H27ClN4O2. The Morgan fingerprint density at radius 1 is 1.41 bits per heavy atom. The molecule has 0 atom stereocenters. The van der Waals surface area contributed by atoms with E-state index in [1.54, 1.807) is 6.20 Å². The quantitative estimate of drug-likeness (QED) is 0.715. The van der Waals surface area contributed by atoms with Crippen LogP contribution in [0.2, 0.25) is 5.02 Å². The highest BCUT2D eigenvalue weighted by Crippen LogP contribution is 2.40. The summed E-state index contributed by atoms with van der Waals surface area (Å²) in [5.41, 5.74) is 1.27. The lowest BCUT2D eigenvalue weighted by molar-refractivity contribution is 0.0524. The van der Waals surface area contributed by atoms with Crippen molar-refractivity contribution in [2.24, 2.45) is 5.92 Å². The highest BCUT2D eigenvalue weighted by atomic mass is 35.5. The van der Waals surface area contributed by atoms with E-state index in [0.717, 1.165) is 36.9 Å². The standard InChI is InChI=1S/C20H27ClN4O2/c1-20(2,3)27-19(26)23-9-4-6-14-10-16(11-14)25-13-15(12-24-25)18-17(21)7-5-8-22-18/h5,7-8,12-14,16H,4,6,9-11H2,1-3H3,(H,23,26). The van der Waals surface area contributed by atoms with Crippen molar-refractivity contribution in [3.05, 3.63) is 35.7 Å². The van der Waals surface area contributed by atoms with Gasteiger partial charge in [0.15, 0.2) is 0 Å². The van der Waals surface area contributed by atoms with Gasteiger partial charge in [-0.25, -0.2) is 4.79 Å². The summed E-state index contributed by atoms with van der Waals surface area (Å²) >= 11 is 6.21. The zero-order chi connectivity index (χ0) is 19.4. The molecule has 1 aliphatic carbocycles. The average molecular weight is 391 g/mol. The molecule has 6 nitrogen and oxygen atoms in total. The van der Waals surface area contributed by atoms with Crippen LogP contribution in [0.3, 0.4) is 0 Å². The summed E-state index contributed by atoms with van der Waals surface area (Å²) in [5.74, 6) is 0.682. The SMILES string of the molecule is CC(C)(C)OC(=O)NCCCC1CC(n2cc(-c3ncccc3Cl)cn2)C1. The third kappa shape index (κ3) is 5.45. The molecule has 0 aliphatic heterocycles. The van der Waals surface area contributed by atoms with E-state index in [9.17, 15) is 4.79 Å². The van der Waals surface area contributed by atoms with Gasteiger partial charge in [0.2, 0.25) is 0 Å². The Labute approximate surface area is 165 Å². The lowest BCUT2D eigenvalue weighted by Crippen LogP contribution is -2.33. The van der Waals surface area contributed by atoms with Crippen molar-refractivity contribution in [3.63, 3.8) is 0 Å². The molecular weight excluding hydrogens is 364 g/mol. The first-order chi connectivity index (χ1) is 12.8. The van der Waals surface area contributed by atoms with Crippen molar-refractivity contribution < 1.29 is 9.53 Å². The fraction of sp³-hybridized carbons (Fsp3) is 0.550. The molecule has 1 fully saturated rings. The summed E-state index contributed by atoms with van der Waals surface area (Å²) in [7, 11) is 0. The van der Waals surface area contributed by atoms with Crippen LogP contribution in [0.25, 0.3) is 11.3 Å². The number of amides is 1. The highest BCUT2D eigenvalue weighted by molar-refractivity contribution is 6.32.